The van der Waals surface area contributed by atoms with E-state index >= 15 is 0 Å². The van der Waals surface area contributed by atoms with E-state index in [0.717, 1.165) is 17.9 Å². The summed E-state index contributed by atoms with van der Waals surface area (Å²) in [5.74, 6) is 5.80. The van der Waals surface area contributed by atoms with Gasteiger partial charge >= 0.3 is 0 Å². The van der Waals surface area contributed by atoms with Crippen molar-refractivity contribution in [2.24, 2.45) is 0 Å². The molecule has 76 valence electrons. The second-order valence-electron chi connectivity index (χ2n) is 3.08. The van der Waals surface area contributed by atoms with E-state index in [2.05, 4.69) is 27.1 Å². The van der Waals surface area contributed by atoms with Crippen molar-refractivity contribution in [3.8, 4) is 11.8 Å². The Morgan fingerprint density at radius 3 is 3.27 bits per heavy atom. The third kappa shape index (κ3) is 2.14. The lowest BCUT2D eigenvalue weighted by molar-refractivity contribution is 0.742. The fourth-order valence-corrected chi connectivity index (χ4v) is 1.37. The zero-order chi connectivity index (χ0) is 10.5. The largest absolute Gasteiger partial charge is 0.301 e. The summed E-state index contributed by atoms with van der Waals surface area (Å²) in [7, 11) is 0. The number of aromatic nitrogens is 3. The molecule has 4 heteroatoms. The monoisotopic (exact) mass is 200 g/mol. The van der Waals surface area contributed by atoms with Gasteiger partial charge in [-0.25, -0.2) is 4.98 Å². The molecule has 0 bridgehead atoms. The lowest BCUT2D eigenvalue weighted by atomic mass is 10.4. The van der Waals surface area contributed by atoms with Crippen molar-refractivity contribution in [1.82, 2.24) is 19.7 Å². The van der Waals surface area contributed by atoms with Crippen molar-refractivity contribution in [3.63, 3.8) is 0 Å². The van der Waals surface area contributed by atoms with Crippen molar-refractivity contribution in [2.75, 3.05) is 6.54 Å². The number of imidazole rings is 1. The Morgan fingerprint density at radius 2 is 2.40 bits per heavy atom. The molecule has 0 amide bonds. The SMILES string of the molecule is CC#CCNCc1cnc2cnccn12. The first kappa shape index (κ1) is 9.69. The van der Waals surface area contributed by atoms with Crippen molar-refractivity contribution in [2.45, 2.75) is 13.5 Å². The van der Waals surface area contributed by atoms with E-state index in [4.69, 9.17) is 0 Å². The molecule has 2 heterocycles. The van der Waals surface area contributed by atoms with E-state index in [9.17, 15) is 0 Å². The van der Waals surface area contributed by atoms with Crippen LogP contribution in [0.15, 0.2) is 24.8 Å². The van der Waals surface area contributed by atoms with Gasteiger partial charge in [0.2, 0.25) is 0 Å². The van der Waals surface area contributed by atoms with E-state index < -0.39 is 0 Å². The first-order chi connectivity index (χ1) is 7.42. The van der Waals surface area contributed by atoms with Crippen LogP contribution in [0, 0.1) is 11.8 Å². The predicted molar refractivity (Wildman–Crippen MR) is 58.1 cm³/mol. The topological polar surface area (TPSA) is 42.2 Å². The molecule has 0 atom stereocenters. The minimum atomic E-state index is 0.703. The maximum atomic E-state index is 4.24. The smallest absolute Gasteiger partial charge is 0.155 e. The fourth-order valence-electron chi connectivity index (χ4n) is 1.37. The average Bonchev–Trinajstić information content (AvgIpc) is 2.68. The zero-order valence-corrected chi connectivity index (χ0v) is 8.57. The van der Waals surface area contributed by atoms with Crippen LogP contribution < -0.4 is 5.32 Å². The maximum absolute atomic E-state index is 4.24. The molecule has 15 heavy (non-hydrogen) atoms. The van der Waals surface area contributed by atoms with Gasteiger partial charge in [-0.3, -0.25) is 9.38 Å². The number of hydrogen-bond donors (Lipinski definition) is 1. The molecule has 0 saturated heterocycles. The zero-order valence-electron chi connectivity index (χ0n) is 8.57. The first-order valence-corrected chi connectivity index (χ1v) is 4.78. The normalized spacial score (nSPS) is 9.93. The third-order valence-electron chi connectivity index (χ3n) is 2.09. The summed E-state index contributed by atoms with van der Waals surface area (Å²) in [6.07, 6.45) is 7.26. The van der Waals surface area contributed by atoms with Crippen LogP contribution in [0.25, 0.3) is 5.65 Å². The molecule has 0 aromatic carbocycles. The van der Waals surface area contributed by atoms with Crippen molar-refractivity contribution < 1.29 is 0 Å². The Morgan fingerprint density at radius 1 is 1.47 bits per heavy atom. The number of hydrogen-bond acceptors (Lipinski definition) is 3. The Labute approximate surface area is 88.4 Å². The van der Waals surface area contributed by atoms with Crippen LogP contribution in [0.1, 0.15) is 12.6 Å². The summed E-state index contributed by atoms with van der Waals surface area (Å²) in [4.78, 5) is 8.25. The van der Waals surface area contributed by atoms with Gasteiger partial charge in [0.25, 0.3) is 0 Å². The van der Waals surface area contributed by atoms with Crippen molar-refractivity contribution in [3.05, 3.63) is 30.5 Å². The molecule has 0 spiro atoms. The van der Waals surface area contributed by atoms with Gasteiger partial charge in [0, 0.05) is 18.9 Å². The van der Waals surface area contributed by atoms with Gasteiger partial charge in [0.05, 0.1) is 24.6 Å². The highest BCUT2D eigenvalue weighted by Gasteiger charge is 2.00. The molecule has 4 nitrogen and oxygen atoms in total. The number of nitrogens with one attached hydrogen (secondary N) is 1. The molecule has 0 fully saturated rings. The van der Waals surface area contributed by atoms with Crippen molar-refractivity contribution >= 4 is 5.65 Å². The summed E-state index contributed by atoms with van der Waals surface area (Å²) in [5.41, 5.74) is 1.99. The van der Waals surface area contributed by atoms with Crippen LogP contribution in [0.5, 0.6) is 0 Å². The lowest BCUT2D eigenvalue weighted by Crippen LogP contribution is -2.14. The Hall–Kier alpha value is -1.86. The molecule has 0 aliphatic rings. The molecule has 0 saturated carbocycles. The minimum absolute atomic E-state index is 0.703. The average molecular weight is 200 g/mol. The highest BCUT2D eigenvalue weighted by Crippen LogP contribution is 2.03. The third-order valence-corrected chi connectivity index (χ3v) is 2.09. The molecule has 0 radical (unpaired) electrons. The molecule has 0 aliphatic heterocycles. The van der Waals surface area contributed by atoms with Crippen LogP contribution in [-0.2, 0) is 6.54 Å². The second kappa shape index (κ2) is 4.58. The highest BCUT2D eigenvalue weighted by atomic mass is 15.0. The summed E-state index contributed by atoms with van der Waals surface area (Å²) < 4.78 is 2.01. The molecule has 2 aromatic rings. The molecule has 0 aliphatic carbocycles. The van der Waals surface area contributed by atoms with E-state index in [-0.39, 0.29) is 0 Å². The fraction of sp³-hybridized carbons (Fsp3) is 0.273. The van der Waals surface area contributed by atoms with Gasteiger partial charge in [0.15, 0.2) is 5.65 Å². The highest BCUT2D eigenvalue weighted by molar-refractivity contribution is 5.36. The Balaban J connectivity index is 2.10. The molecule has 0 unspecified atom stereocenters. The van der Waals surface area contributed by atoms with Crippen LogP contribution in [0.2, 0.25) is 0 Å². The van der Waals surface area contributed by atoms with Gasteiger partial charge in [-0.05, 0) is 6.92 Å². The Bertz CT molecular complexity index is 504. The Kier molecular flexibility index (Phi) is 2.96. The lowest BCUT2D eigenvalue weighted by Gasteiger charge is -2.00. The quantitative estimate of drug-likeness (QED) is 0.589. The molecule has 2 rings (SSSR count). The summed E-state index contributed by atoms with van der Waals surface area (Å²) in [6, 6.07) is 0. The summed E-state index contributed by atoms with van der Waals surface area (Å²) in [5, 5.41) is 3.23. The molecular formula is C11H12N4. The number of rotatable bonds is 3. The predicted octanol–water partition coefficient (Wildman–Crippen LogP) is 0.842. The van der Waals surface area contributed by atoms with E-state index in [1.54, 1.807) is 12.4 Å². The second-order valence-corrected chi connectivity index (χ2v) is 3.08. The number of nitrogens with zero attached hydrogens (tertiary/aromatic N) is 3. The molecular weight excluding hydrogens is 188 g/mol. The van der Waals surface area contributed by atoms with Gasteiger partial charge < -0.3 is 5.32 Å². The van der Waals surface area contributed by atoms with Crippen LogP contribution in [-0.4, -0.2) is 20.9 Å². The van der Waals surface area contributed by atoms with E-state index in [0.29, 0.717) is 6.54 Å². The maximum Gasteiger partial charge on any atom is 0.155 e. The van der Waals surface area contributed by atoms with Gasteiger partial charge in [-0.2, -0.15) is 0 Å². The summed E-state index contributed by atoms with van der Waals surface area (Å²) >= 11 is 0. The van der Waals surface area contributed by atoms with Crippen molar-refractivity contribution in [1.29, 1.82) is 0 Å². The first-order valence-electron chi connectivity index (χ1n) is 4.78. The van der Waals surface area contributed by atoms with Crippen LogP contribution >= 0.6 is 0 Å². The van der Waals surface area contributed by atoms with E-state index in [1.807, 2.05) is 23.7 Å². The minimum Gasteiger partial charge on any atom is -0.301 e. The molecule has 2 aromatic heterocycles. The van der Waals surface area contributed by atoms with Gasteiger partial charge in [-0.1, -0.05) is 5.92 Å². The summed E-state index contributed by atoms with van der Waals surface area (Å²) in [6.45, 7) is 3.30. The number of fused-ring (bicyclic) bond motifs is 1. The van der Waals surface area contributed by atoms with Crippen LogP contribution in [0.3, 0.4) is 0 Å². The standard InChI is InChI=1S/C11H12N4/c1-2-3-4-12-7-10-8-14-11-9-13-5-6-15(10)11/h5-6,8-9,12H,4,7H2,1H3. The van der Waals surface area contributed by atoms with Crippen LogP contribution in [0.4, 0.5) is 0 Å². The molecule has 1 N–H and O–H groups in total. The van der Waals surface area contributed by atoms with Gasteiger partial charge in [0.1, 0.15) is 0 Å². The van der Waals surface area contributed by atoms with E-state index in [1.165, 1.54) is 0 Å². The van der Waals surface area contributed by atoms with Gasteiger partial charge in [-0.15, -0.1) is 5.92 Å².